The Kier molecular flexibility index (Phi) is 4.10. The lowest BCUT2D eigenvalue weighted by molar-refractivity contribution is 0.0533. The highest BCUT2D eigenvalue weighted by atomic mass is 32.1. The second-order valence-electron chi connectivity index (χ2n) is 4.88. The Morgan fingerprint density at radius 2 is 1.59 bits per heavy atom. The summed E-state index contributed by atoms with van der Waals surface area (Å²) in [5.74, 6) is -0.686. The summed E-state index contributed by atoms with van der Waals surface area (Å²) in [4.78, 5) is 27.7. The van der Waals surface area contributed by atoms with Crippen LogP contribution in [-0.4, -0.2) is 56.5 Å². The fourth-order valence-electron chi connectivity index (χ4n) is 2.31. The second-order valence-corrected chi connectivity index (χ2v) is 5.44. The number of carbonyl (C=O) groups excluding carboxylic acids is 2. The first kappa shape index (κ1) is 14.6. The van der Waals surface area contributed by atoms with Crippen molar-refractivity contribution in [3.63, 3.8) is 0 Å². The molecule has 2 heterocycles. The normalized spacial score (nSPS) is 15.0. The first-order valence-electron chi connectivity index (χ1n) is 6.77. The number of piperazine rings is 1. The number of hydrogen-bond acceptors (Lipinski definition) is 5. The SMILES string of the molecule is O=C(c1ccc(F)cc1)N1CCN(C(=O)c2cnsn2)CC1. The highest BCUT2D eigenvalue weighted by Gasteiger charge is 2.26. The summed E-state index contributed by atoms with van der Waals surface area (Å²) in [6.07, 6.45) is 1.45. The fraction of sp³-hybridized carbons (Fsp3) is 0.286. The topological polar surface area (TPSA) is 66.4 Å². The number of rotatable bonds is 2. The molecule has 6 nitrogen and oxygen atoms in total. The molecular weight excluding hydrogens is 307 g/mol. The zero-order valence-electron chi connectivity index (χ0n) is 11.6. The van der Waals surface area contributed by atoms with E-state index in [2.05, 4.69) is 8.75 Å². The van der Waals surface area contributed by atoms with Crippen molar-refractivity contribution in [2.24, 2.45) is 0 Å². The summed E-state index contributed by atoms with van der Waals surface area (Å²) in [5.41, 5.74) is 0.785. The Balaban J connectivity index is 1.60. The summed E-state index contributed by atoms with van der Waals surface area (Å²) in [5, 5.41) is 0. The van der Waals surface area contributed by atoms with Crippen LogP contribution in [0.4, 0.5) is 4.39 Å². The van der Waals surface area contributed by atoms with E-state index in [1.54, 1.807) is 9.80 Å². The number of hydrogen-bond donors (Lipinski definition) is 0. The number of carbonyl (C=O) groups is 2. The van der Waals surface area contributed by atoms with E-state index < -0.39 is 0 Å². The van der Waals surface area contributed by atoms with E-state index in [-0.39, 0.29) is 17.6 Å². The third kappa shape index (κ3) is 2.96. The summed E-state index contributed by atoms with van der Waals surface area (Å²) in [6, 6.07) is 5.47. The maximum Gasteiger partial charge on any atom is 0.275 e. The van der Waals surface area contributed by atoms with E-state index in [0.717, 1.165) is 11.7 Å². The molecule has 0 bridgehead atoms. The Hall–Kier alpha value is -2.35. The number of nitrogens with zero attached hydrogens (tertiary/aromatic N) is 4. The van der Waals surface area contributed by atoms with E-state index in [9.17, 15) is 14.0 Å². The first-order valence-corrected chi connectivity index (χ1v) is 7.50. The van der Waals surface area contributed by atoms with Crippen LogP contribution in [0.25, 0.3) is 0 Å². The van der Waals surface area contributed by atoms with Gasteiger partial charge in [0.2, 0.25) is 0 Å². The van der Waals surface area contributed by atoms with Gasteiger partial charge in [0.25, 0.3) is 11.8 Å². The minimum Gasteiger partial charge on any atom is -0.335 e. The molecule has 3 rings (SSSR count). The Morgan fingerprint density at radius 3 is 2.14 bits per heavy atom. The average molecular weight is 320 g/mol. The zero-order valence-corrected chi connectivity index (χ0v) is 12.4. The molecule has 1 aliphatic heterocycles. The Labute approximate surface area is 130 Å². The van der Waals surface area contributed by atoms with Gasteiger partial charge < -0.3 is 9.80 Å². The van der Waals surface area contributed by atoms with Gasteiger partial charge in [-0.25, -0.2) is 4.39 Å². The summed E-state index contributed by atoms with van der Waals surface area (Å²) in [6.45, 7) is 1.78. The van der Waals surface area contributed by atoms with Gasteiger partial charge >= 0.3 is 0 Å². The molecule has 1 saturated heterocycles. The molecule has 0 N–H and O–H groups in total. The molecule has 1 aliphatic rings. The molecule has 2 amide bonds. The molecule has 0 spiro atoms. The van der Waals surface area contributed by atoms with Crippen molar-refractivity contribution in [3.8, 4) is 0 Å². The average Bonchev–Trinajstić information content (AvgIpc) is 3.09. The van der Waals surface area contributed by atoms with E-state index >= 15 is 0 Å². The monoisotopic (exact) mass is 320 g/mol. The molecule has 0 unspecified atom stereocenters. The Bertz CT molecular complexity index is 667. The van der Waals surface area contributed by atoms with Gasteiger partial charge in [-0.1, -0.05) is 0 Å². The van der Waals surface area contributed by atoms with Gasteiger partial charge in [-0.2, -0.15) is 8.75 Å². The van der Waals surface area contributed by atoms with Gasteiger partial charge in [0, 0.05) is 31.7 Å². The third-order valence-corrected chi connectivity index (χ3v) is 4.00. The quantitative estimate of drug-likeness (QED) is 0.836. The molecule has 0 saturated carbocycles. The molecular formula is C14H13FN4O2S. The zero-order chi connectivity index (χ0) is 15.5. The number of amides is 2. The van der Waals surface area contributed by atoms with Crippen molar-refractivity contribution in [2.75, 3.05) is 26.2 Å². The van der Waals surface area contributed by atoms with Crippen LogP contribution in [0.3, 0.4) is 0 Å². The standard InChI is InChI=1S/C14H13FN4O2S/c15-11-3-1-10(2-4-11)13(20)18-5-7-19(8-6-18)14(21)12-9-16-22-17-12/h1-4,9H,5-8H2. The number of aromatic nitrogens is 2. The molecule has 2 aromatic rings. The van der Waals surface area contributed by atoms with Crippen molar-refractivity contribution in [3.05, 3.63) is 47.5 Å². The molecule has 0 aliphatic carbocycles. The molecule has 114 valence electrons. The van der Waals surface area contributed by atoms with E-state index in [0.29, 0.717) is 37.4 Å². The molecule has 22 heavy (non-hydrogen) atoms. The molecule has 1 fully saturated rings. The minimum atomic E-state index is -0.371. The second kappa shape index (κ2) is 6.18. The van der Waals surface area contributed by atoms with Gasteiger partial charge in [0.15, 0.2) is 5.69 Å². The first-order chi connectivity index (χ1) is 10.6. The molecule has 0 atom stereocenters. The van der Waals surface area contributed by atoms with E-state index in [1.807, 2.05) is 0 Å². The predicted octanol–water partition coefficient (Wildman–Crippen LogP) is 1.28. The van der Waals surface area contributed by atoms with Crippen LogP contribution in [-0.2, 0) is 0 Å². The van der Waals surface area contributed by atoms with Gasteiger partial charge in [-0.3, -0.25) is 9.59 Å². The highest BCUT2D eigenvalue weighted by Crippen LogP contribution is 2.12. The van der Waals surface area contributed by atoms with E-state index in [1.165, 1.54) is 30.5 Å². The summed E-state index contributed by atoms with van der Waals surface area (Å²) < 4.78 is 20.6. The number of benzene rings is 1. The van der Waals surface area contributed by atoms with Gasteiger partial charge in [-0.15, -0.1) is 0 Å². The maximum absolute atomic E-state index is 12.9. The largest absolute Gasteiger partial charge is 0.335 e. The van der Waals surface area contributed by atoms with E-state index in [4.69, 9.17) is 0 Å². The Morgan fingerprint density at radius 1 is 1.00 bits per heavy atom. The van der Waals surface area contributed by atoms with Crippen LogP contribution in [0.15, 0.2) is 30.5 Å². The highest BCUT2D eigenvalue weighted by molar-refractivity contribution is 6.99. The molecule has 8 heteroatoms. The van der Waals surface area contributed by atoms with Gasteiger partial charge in [-0.05, 0) is 24.3 Å². The lowest BCUT2D eigenvalue weighted by Gasteiger charge is -2.34. The lowest BCUT2D eigenvalue weighted by atomic mass is 10.1. The van der Waals surface area contributed by atoms with Crippen LogP contribution in [0, 0.1) is 5.82 Å². The minimum absolute atomic E-state index is 0.151. The van der Waals surface area contributed by atoms with Crippen LogP contribution < -0.4 is 0 Å². The van der Waals surface area contributed by atoms with Crippen molar-refractivity contribution in [1.29, 1.82) is 0 Å². The van der Waals surface area contributed by atoms with Crippen LogP contribution >= 0.6 is 11.7 Å². The maximum atomic E-state index is 12.9. The van der Waals surface area contributed by atoms with Gasteiger partial charge in [0.05, 0.1) is 17.9 Å². The van der Waals surface area contributed by atoms with Crippen LogP contribution in [0.5, 0.6) is 0 Å². The van der Waals surface area contributed by atoms with Crippen molar-refractivity contribution >= 4 is 23.5 Å². The van der Waals surface area contributed by atoms with Crippen molar-refractivity contribution in [1.82, 2.24) is 18.5 Å². The van der Waals surface area contributed by atoms with Crippen LogP contribution in [0.1, 0.15) is 20.8 Å². The van der Waals surface area contributed by atoms with Crippen LogP contribution in [0.2, 0.25) is 0 Å². The third-order valence-electron chi connectivity index (χ3n) is 3.53. The smallest absolute Gasteiger partial charge is 0.275 e. The van der Waals surface area contributed by atoms with Gasteiger partial charge in [0.1, 0.15) is 5.82 Å². The lowest BCUT2D eigenvalue weighted by Crippen LogP contribution is -2.50. The predicted molar refractivity (Wildman–Crippen MR) is 78.1 cm³/mol. The molecule has 1 aromatic carbocycles. The molecule has 0 radical (unpaired) electrons. The fourth-order valence-corrected chi connectivity index (χ4v) is 2.72. The summed E-state index contributed by atoms with van der Waals surface area (Å²) in [7, 11) is 0. The number of halogens is 1. The summed E-state index contributed by atoms with van der Waals surface area (Å²) >= 11 is 0.993. The van der Waals surface area contributed by atoms with Crippen molar-refractivity contribution in [2.45, 2.75) is 0 Å². The molecule has 1 aromatic heterocycles. The van der Waals surface area contributed by atoms with Crippen molar-refractivity contribution < 1.29 is 14.0 Å².